The first kappa shape index (κ1) is 8.90. The van der Waals surface area contributed by atoms with Gasteiger partial charge in [-0.05, 0) is 12.1 Å². The van der Waals surface area contributed by atoms with Crippen molar-refractivity contribution >= 4 is 11.0 Å². The van der Waals surface area contributed by atoms with Crippen LogP contribution >= 0.6 is 0 Å². The molecule has 3 aromatic rings. The molecule has 0 atom stereocenters. The molecular weight excluding hydrogens is 204 g/mol. The number of rotatable bonds is 2. The molecule has 0 aliphatic rings. The van der Waals surface area contributed by atoms with Crippen molar-refractivity contribution in [3.8, 4) is 0 Å². The van der Waals surface area contributed by atoms with Gasteiger partial charge in [0.05, 0.1) is 5.52 Å². The minimum absolute atomic E-state index is 0.503. The van der Waals surface area contributed by atoms with Crippen LogP contribution in [-0.4, -0.2) is 29.9 Å². The summed E-state index contributed by atoms with van der Waals surface area (Å²) in [6.07, 6.45) is 2.95. The molecule has 0 amide bonds. The normalized spacial score (nSPS) is 10.8. The second kappa shape index (κ2) is 3.65. The van der Waals surface area contributed by atoms with Crippen LogP contribution in [0.4, 0.5) is 0 Å². The van der Waals surface area contributed by atoms with Gasteiger partial charge in [-0.2, -0.15) is 0 Å². The van der Waals surface area contributed by atoms with E-state index in [1.807, 2.05) is 24.3 Å². The first-order chi connectivity index (χ1) is 7.93. The molecule has 0 spiro atoms. The molecule has 78 valence electrons. The van der Waals surface area contributed by atoms with Crippen molar-refractivity contribution in [3.63, 3.8) is 0 Å². The fourth-order valence-corrected chi connectivity index (χ4v) is 1.51. The van der Waals surface area contributed by atoms with E-state index in [-0.39, 0.29) is 0 Å². The Morgan fingerprint density at radius 1 is 1.06 bits per heavy atom. The lowest BCUT2D eigenvalue weighted by Gasteiger charge is -1.99. The smallest absolute Gasteiger partial charge is 0.153 e. The number of hydrogen-bond donors (Lipinski definition) is 0. The third kappa shape index (κ3) is 1.50. The van der Waals surface area contributed by atoms with Crippen molar-refractivity contribution < 1.29 is 0 Å². The average molecular weight is 212 g/mol. The Balaban J connectivity index is 2.01. The summed E-state index contributed by atoms with van der Waals surface area (Å²) in [7, 11) is 0. The summed E-state index contributed by atoms with van der Waals surface area (Å²) in [5.41, 5.74) is 1.85. The minimum Gasteiger partial charge on any atom is -0.237 e. The molecule has 0 aliphatic heterocycles. The Bertz CT molecular complexity index is 603. The highest BCUT2D eigenvalue weighted by atomic mass is 15.4. The fraction of sp³-hybridized carbons (Fsp3) is 0.100. The van der Waals surface area contributed by atoms with Crippen LogP contribution in [0.5, 0.6) is 0 Å². The molecule has 3 rings (SSSR count). The fourth-order valence-electron chi connectivity index (χ4n) is 1.51. The number of fused-ring (bicyclic) bond motifs is 1. The maximum Gasteiger partial charge on any atom is 0.153 e. The van der Waals surface area contributed by atoms with Crippen LogP contribution in [0.25, 0.3) is 11.0 Å². The summed E-state index contributed by atoms with van der Waals surface area (Å²) in [5, 5.41) is 8.11. The van der Waals surface area contributed by atoms with Crippen LogP contribution in [-0.2, 0) is 6.54 Å². The summed E-state index contributed by atoms with van der Waals surface area (Å²) in [6, 6.07) is 7.78. The molecule has 2 heterocycles. The molecule has 0 saturated carbocycles. The van der Waals surface area contributed by atoms with Crippen molar-refractivity contribution in [1.82, 2.24) is 29.9 Å². The van der Waals surface area contributed by atoms with Gasteiger partial charge in [-0.1, -0.05) is 17.3 Å². The Hall–Kier alpha value is -2.37. The van der Waals surface area contributed by atoms with E-state index < -0.39 is 0 Å². The number of benzene rings is 1. The van der Waals surface area contributed by atoms with E-state index in [0.717, 1.165) is 11.0 Å². The Morgan fingerprint density at radius 2 is 1.88 bits per heavy atom. The molecule has 0 fully saturated rings. The monoisotopic (exact) mass is 212 g/mol. The van der Waals surface area contributed by atoms with Crippen molar-refractivity contribution in [2.24, 2.45) is 0 Å². The quantitative estimate of drug-likeness (QED) is 0.624. The van der Waals surface area contributed by atoms with Gasteiger partial charge in [0.1, 0.15) is 24.7 Å². The van der Waals surface area contributed by atoms with Gasteiger partial charge in [-0.3, -0.25) is 0 Å². The van der Waals surface area contributed by atoms with Crippen LogP contribution in [0.2, 0.25) is 0 Å². The molecular formula is C10H8N6. The third-order valence-corrected chi connectivity index (χ3v) is 2.26. The van der Waals surface area contributed by atoms with Gasteiger partial charge in [0.15, 0.2) is 5.82 Å². The topological polar surface area (TPSA) is 69.4 Å². The molecule has 6 nitrogen and oxygen atoms in total. The Kier molecular flexibility index (Phi) is 2.03. The Labute approximate surface area is 91.0 Å². The van der Waals surface area contributed by atoms with E-state index in [1.165, 1.54) is 12.7 Å². The lowest BCUT2D eigenvalue weighted by molar-refractivity contribution is 0.639. The van der Waals surface area contributed by atoms with E-state index in [0.29, 0.717) is 12.4 Å². The van der Waals surface area contributed by atoms with Gasteiger partial charge in [-0.15, -0.1) is 5.10 Å². The molecule has 1 aromatic carbocycles. The van der Waals surface area contributed by atoms with Crippen molar-refractivity contribution in [1.29, 1.82) is 0 Å². The van der Waals surface area contributed by atoms with Crippen LogP contribution in [0.15, 0.2) is 36.9 Å². The molecule has 16 heavy (non-hydrogen) atoms. The zero-order chi connectivity index (χ0) is 10.8. The molecule has 2 aromatic heterocycles. The third-order valence-electron chi connectivity index (χ3n) is 2.26. The van der Waals surface area contributed by atoms with Crippen LogP contribution in [0.1, 0.15) is 5.82 Å². The first-order valence-corrected chi connectivity index (χ1v) is 4.82. The highest BCUT2D eigenvalue weighted by molar-refractivity contribution is 5.73. The first-order valence-electron chi connectivity index (χ1n) is 4.82. The number of aromatic nitrogens is 6. The van der Waals surface area contributed by atoms with Crippen LogP contribution in [0, 0.1) is 0 Å². The molecule has 0 radical (unpaired) electrons. The van der Waals surface area contributed by atoms with Gasteiger partial charge in [0, 0.05) is 0 Å². The number of hydrogen-bond acceptors (Lipinski definition) is 5. The van der Waals surface area contributed by atoms with Crippen LogP contribution < -0.4 is 0 Å². The predicted molar refractivity (Wildman–Crippen MR) is 56.5 cm³/mol. The van der Waals surface area contributed by atoms with Crippen LogP contribution in [0.3, 0.4) is 0 Å². The van der Waals surface area contributed by atoms with E-state index >= 15 is 0 Å². The van der Waals surface area contributed by atoms with E-state index in [1.54, 1.807) is 4.68 Å². The van der Waals surface area contributed by atoms with Gasteiger partial charge in [0.25, 0.3) is 0 Å². The highest BCUT2D eigenvalue weighted by Crippen LogP contribution is 2.10. The summed E-state index contributed by atoms with van der Waals surface area (Å²) < 4.78 is 1.77. The summed E-state index contributed by atoms with van der Waals surface area (Å²) in [5.74, 6) is 0.672. The van der Waals surface area contributed by atoms with Crippen molar-refractivity contribution in [2.45, 2.75) is 6.54 Å². The van der Waals surface area contributed by atoms with E-state index in [4.69, 9.17) is 0 Å². The van der Waals surface area contributed by atoms with Gasteiger partial charge < -0.3 is 0 Å². The molecule has 0 N–H and O–H groups in total. The maximum atomic E-state index is 4.06. The molecule has 0 saturated heterocycles. The summed E-state index contributed by atoms with van der Waals surface area (Å²) >= 11 is 0. The number of nitrogens with zero attached hydrogens (tertiary/aromatic N) is 6. The van der Waals surface area contributed by atoms with Crippen molar-refractivity contribution in [2.75, 3.05) is 0 Å². The van der Waals surface area contributed by atoms with Gasteiger partial charge >= 0.3 is 0 Å². The molecule has 0 bridgehead atoms. The average Bonchev–Trinajstić information content (AvgIpc) is 2.74. The minimum atomic E-state index is 0.503. The lowest BCUT2D eigenvalue weighted by Crippen LogP contribution is -2.05. The zero-order valence-electron chi connectivity index (χ0n) is 8.35. The molecule has 6 heteroatoms. The van der Waals surface area contributed by atoms with E-state index in [9.17, 15) is 0 Å². The molecule has 0 aliphatic carbocycles. The number of para-hydroxylation sites is 1. The zero-order valence-corrected chi connectivity index (χ0v) is 8.35. The second-order valence-electron chi connectivity index (χ2n) is 3.29. The lowest BCUT2D eigenvalue weighted by atomic mass is 10.3. The SMILES string of the molecule is c1ccc2c(c1)nnn2Cc1ncncn1. The Morgan fingerprint density at radius 3 is 2.75 bits per heavy atom. The standard InChI is InChI=1S/C10H8N6/c1-2-4-9-8(3-1)14-15-16(9)5-10-12-6-11-7-13-10/h1-4,6-7H,5H2. The summed E-state index contributed by atoms with van der Waals surface area (Å²) in [4.78, 5) is 11.9. The largest absolute Gasteiger partial charge is 0.237 e. The van der Waals surface area contributed by atoms with Gasteiger partial charge in [0.2, 0.25) is 0 Å². The highest BCUT2D eigenvalue weighted by Gasteiger charge is 2.04. The summed E-state index contributed by atoms with van der Waals surface area (Å²) in [6.45, 7) is 0.503. The predicted octanol–water partition coefficient (Wildman–Crippen LogP) is 0.665. The van der Waals surface area contributed by atoms with Crippen molar-refractivity contribution in [3.05, 3.63) is 42.7 Å². The van der Waals surface area contributed by atoms with E-state index in [2.05, 4.69) is 25.3 Å². The second-order valence-corrected chi connectivity index (χ2v) is 3.29. The maximum absolute atomic E-state index is 4.06. The van der Waals surface area contributed by atoms with Gasteiger partial charge in [-0.25, -0.2) is 19.6 Å². The molecule has 0 unspecified atom stereocenters.